The summed E-state index contributed by atoms with van der Waals surface area (Å²) in [6.45, 7) is 7.63. The van der Waals surface area contributed by atoms with E-state index in [9.17, 15) is 0 Å². The summed E-state index contributed by atoms with van der Waals surface area (Å²) < 4.78 is 5.88. The minimum Gasteiger partial charge on any atom is -0.374 e. The predicted molar refractivity (Wildman–Crippen MR) is 58.2 cm³/mol. The molecule has 0 aromatic heterocycles. The van der Waals surface area contributed by atoms with Crippen molar-refractivity contribution in [2.75, 3.05) is 13.6 Å². The maximum atomic E-state index is 5.88. The highest BCUT2D eigenvalue weighted by molar-refractivity contribution is 5.18. The van der Waals surface area contributed by atoms with Gasteiger partial charge in [-0.25, -0.2) is 0 Å². The molecule has 0 radical (unpaired) electrons. The molecular weight excluding hydrogens is 174 g/mol. The van der Waals surface area contributed by atoms with Crippen molar-refractivity contribution in [2.45, 2.75) is 39.0 Å². The predicted octanol–water partition coefficient (Wildman–Crippen LogP) is 1.92. The van der Waals surface area contributed by atoms with E-state index in [0.29, 0.717) is 18.2 Å². The second kappa shape index (κ2) is 3.67. The summed E-state index contributed by atoms with van der Waals surface area (Å²) in [5, 5.41) is 0. The Labute approximate surface area is 86.9 Å². The van der Waals surface area contributed by atoms with Gasteiger partial charge in [0.05, 0.1) is 12.2 Å². The Morgan fingerprint density at radius 1 is 1.29 bits per heavy atom. The minimum absolute atomic E-state index is 0.335. The van der Waals surface area contributed by atoms with Gasteiger partial charge in [-0.15, -0.1) is 0 Å². The molecule has 4 atom stereocenters. The Morgan fingerprint density at radius 3 is 2.43 bits per heavy atom. The van der Waals surface area contributed by atoms with E-state index in [1.54, 1.807) is 0 Å². The van der Waals surface area contributed by atoms with Crippen LogP contribution in [0.1, 0.15) is 20.8 Å². The maximum Gasteiger partial charge on any atom is 0.0711 e. The summed E-state index contributed by atoms with van der Waals surface area (Å²) >= 11 is 0. The zero-order valence-corrected chi connectivity index (χ0v) is 9.60. The van der Waals surface area contributed by atoms with Gasteiger partial charge in [-0.3, -0.25) is 4.90 Å². The van der Waals surface area contributed by atoms with Gasteiger partial charge >= 0.3 is 0 Å². The monoisotopic (exact) mass is 195 g/mol. The molecule has 0 unspecified atom stereocenters. The van der Waals surface area contributed by atoms with Crippen LogP contribution in [0.25, 0.3) is 0 Å². The third-order valence-electron chi connectivity index (χ3n) is 3.44. The van der Waals surface area contributed by atoms with Crippen molar-refractivity contribution in [1.29, 1.82) is 0 Å². The molecule has 14 heavy (non-hydrogen) atoms. The molecule has 0 N–H and O–H groups in total. The average molecular weight is 195 g/mol. The van der Waals surface area contributed by atoms with Crippen molar-refractivity contribution in [3.8, 4) is 0 Å². The van der Waals surface area contributed by atoms with Crippen LogP contribution in [0.5, 0.6) is 0 Å². The highest BCUT2D eigenvalue weighted by Crippen LogP contribution is 2.39. The summed E-state index contributed by atoms with van der Waals surface area (Å²) in [4.78, 5) is 2.45. The number of hydrogen-bond donors (Lipinski definition) is 0. The van der Waals surface area contributed by atoms with E-state index in [1.807, 2.05) is 0 Å². The molecule has 0 spiro atoms. The lowest BCUT2D eigenvalue weighted by Crippen LogP contribution is -2.41. The van der Waals surface area contributed by atoms with E-state index in [-0.39, 0.29) is 0 Å². The summed E-state index contributed by atoms with van der Waals surface area (Å²) in [5.41, 5.74) is 0. The molecule has 2 rings (SSSR count). The van der Waals surface area contributed by atoms with Crippen LogP contribution in [0.3, 0.4) is 0 Å². The standard InChI is InChI=1S/C12H21NO/c1-8(2)14-9(3)12-11-6-5-10(11)7-13(12)4/h5-6,8-12H,7H2,1-4H3/t9-,10-,11-,12+/m0/s1. The maximum absolute atomic E-state index is 5.88. The van der Waals surface area contributed by atoms with E-state index in [2.05, 4.69) is 44.9 Å². The third-order valence-corrected chi connectivity index (χ3v) is 3.44. The molecule has 0 amide bonds. The van der Waals surface area contributed by atoms with Crippen LogP contribution in [0, 0.1) is 11.8 Å². The molecule has 0 aromatic rings. The van der Waals surface area contributed by atoms with Crippen LogP contribution in [-0.2, 0) is 4.74 Å². The average Bonchev–Trinajstić information content (AvgIpc) is 2.25. The van der Waals surface area contributed by atoms with Gasteiger partial charge in [0.2, 0.25) is 0 Å². The first-order chi connectivity index (χ1) is 6.59. The van der Waals surface area contributed by atoms with Gasteiger partial charge in [-0.2, -0.15) is 0 Å². The molecule has 1 aliphatic heterocycles. The van der Waals surface area contributed by atoms with Crippen LogP contribution >= 0.6 is 0 Å². The first-order valence-corrected chi connectivity index (χ1v) is 5.63. The lowest BCUT2D eigenvalue weighted by Gasteiger charge is -2.33. The SMILES string of the molecule is CC(C)O[C@@H](C)[C@@H]1[C@H]2C=C[C@H]2CN1C. The topological polar surface area (TPSA) is 12.5 Å². The molecule has 1 saturated heterocycles. The minimum atomic E-state index is 0.335. The first kappa shape index (κ1) is 10.2. The molecule has 0 saturated carbocycles. The van der Waals surface area contributed by atoms with E-state index >= 15 is 0 Å². The van der Waals surface area contributed by atoms with Crippen molar-refractivity contribution in [1.82, 2.24) is 4.90 Å². The van der Waals surface area contributed by atoms with Gasteiger partial charge < -0.3 is 4.74 Å². The highest BCUT2D eigenvalue weighted by atomic mass is 16.5. The summed E-state index contributed by atoms with van der Waals surface area (Å²) in [6.07, 6.45) is 5.36. The molecule has 2 nitrogen and oxygen atoms in total. The van der Waals surface area contributed by atoms with E-state index < -0.39 is 0 Å². The fraction of sp³-hybridized carbons (Fsp3) is 0.833. The molecule has 1 heterocycles. The van der Waals surface area contributed by atoms with Crippen molar-refractivity contribution < 1.29 is 4.74 Å². The van der Waals surface area contributed by atoms with Gasteiger partial charge in [0.1, 0.15) is 0 Å². The molecule has 2 aliphatic rings. The number of ether oxygens (including phenoxy) is 1. The number of hydrogen-bond acceptors (Lipinski definition) is 2. The summed E-state index contributed by atoms with van der Waals surface area (Å²) in [6, 6.07) is 0.590. The largest absolute Gasteiger partial charge is 0.374 e. The summed E-state index contributed by atoms with van der Waals surface area (Å²) in [7, 11) is 2.21. The van der Waals surface area contributed by atoms with Crippen LogP contribution in [0.2, 0.25) is 0 Å². The third kappa shape index (κ3) is 1.61. The molecule has 0 bridgehead atoms. The van der Waals surface area contributed by atoms with Gasteiger partial charge in [0.15, 0.2) is 0 Å². The fourth-order valence-electron chi connectivity index (χ4n) is 2.88. The lowest BCUT2D eigenvalue weighted by atomic mass is 9.80. The zero-order chi connectivity index (χ0) is 10.3. The lowest BCUT2D eigenvalue weighted by molar-refractivity contribution is -0.0273. The van der Waals surface area contributed by atoms with Crippen LogP contribution in [0.15, 0.2) is 12.2 Å². The van der Waals surface area contributed by atoms with Gasteiger partial charge in [-0.1, -0.05) is 12.2 Å². The number of nitrogens with zero attached hydrogens (tertiary/aromatic N) is 1. The Balaban J connectivity index is 1.98. The molecule has 80 valence electrons. The summed E-state index contributed by atoms with van der Waals surface area (Å²) in [5.74, 6) is 1.54. The Hall–Kier alpha value is -0.340. The van der Waals surface area contributed by atoms with Crippen molar-refractivity contribution in [3.05, 3.63) is 12.2 Å². The Morgan fingerprint density at radius 2 is 2.00 bits per heavy atom. The smallest absolute Gasteiger partial charge is 0.0711 e. The normalized spacial score (nSPS) is 38.5. The van der Waals surface area contributed by atoms with E-state index in [1.165, 1.54) is 6.54 Å². The van der Waals surface area contributed by atoms with E-state index in [0.717, 1.165) is 11.8 Å². The molecular formula is C12H21NO. The van der Waals surface area contributed by atoms with Crippen molar-refractivity contribution in [2.24, 2.45) is 11.8 Å². The number of fused-ring (bicyclic) bond motifs is 1. The molecule has 1 fully saturated rings. The first-order valence-electron chi connectivity index (χ1n) is 5.63. The second-order valence-electron chi connectivity index (χ2n) is 4.95. The molecule has 1 aliphatic carbocycles. The van der Waals surface area contributed by atoms with Gasteiger partial charge in [0.25, 0.3) is 0 Å². The Kier molecular flexibility index (Phi) is 2.67. The van der Waals surface area contributed by atoms with Gasteiger partial charge in [0, 0.05) is 18.5 Å². The second-order valence-corrected chi connectivity index (χ2v) is 4.95. The van der Waals surface area contributed by atoms with Crippen LogP contribution in [-0.4, -0.2) is 36.7 Å². The quantitative estimate of drug-likeness (QED) is 0.638. The van der Waals surface area contributed by atoms with Crippen molar-refractivity contribution >= 4 is 0 Å². The van der Waals surface area contributed by atoms with E-state index in [4.69, 9.17) is 4.74 Å². The Bertz CT molecular complexity index is 236. The zero-order valence-electron chi connectivity index (χ0n) is 9.60. The number of likely N-dealkylation sites (N-methyl/N-ethyl adjacent to an activating group) is 1. The van der Waals surface area contributed by atoms with Crippen LogP contribution < -0.4 is 0 Å². The van der Waals surface area contributed by atoms with Gasteiger partial charge in [-0.05, 0) is 33.7 Å². The number of rotatable bonds is 3. The highest BCUT2D eigenvalue weighted by Gasteiger charge is 2.44. The fourth-order valence-corrected chi connectivity index (χ4v) is 2.88. The van der Waals surface area contributed by atoms with Crippen LogP contribution in [0.4, 0.5) is 0 Å². The molecule has 0 aromatic carbocycles. The molecule has 2 heteroatoms. The van der Waals surface area contributed by atoms with Crippen molar-refractivity contribution in [3.63, 3.8) is 0 Å². The number of likely N-dealkylation sites (tertiary alicyclic amines) is 1.